The summed E-state index contributed by atoms with van der Waals surface area (Å²) in [6.07, 6.45) is 5.63. The van der Waals surface area contributed by atoms with E-state index in [1.54, 1.807) is 0 Å². The lowest BCUT2D eigenvalue weighted by molar-refractivity contribution is 0.285. The van der Waals surface area contributed by atoms with Crippen molar-refractivity contribution in [3.8, 4) is 0 Å². The third-order valence-electron chi connectivity index (χ3n) is 1.99. The first-order valence-corrected chi connectivity index (χ1v) is 10.4. The van der Waals surface area contributed by atoms with E-state index in [2.05, 4.69) is 19.7 Å². The summed E-state index contributed by atoms with van der Waals surface area (Å²) in [7, 11) is -4.56. The van der Waals surface area contributed by atoms with Crippen LogP contribution in [-0.2, 0) is 12.3 Å². The Balaban J connectivity index is 2.50. The van der Waals surface area contributed by atoms with Crippen LogP contribution in [0.25, 0.3) is 0 Å². The molecule has 1 heterocycles. The molecule has 0 aromatic rings. The molecule has 1 fully saturated rings. The second-order valence-electron chi connectivity index (χ2n) is 3.27. The van der Waals surface area contributed by atoms with E-state index < -0.39 is 27.9 Å². The molecule has 3 nitrogen and oxygen atoms in total. The van der Waals surface area contributed by atoms with E-state index in [9.17, 15) is 0 Å². The second-order valence-corrected chi connectivity index (χ2v) is 10.5. The molecule has 15 heavy (non-hydrogen) atoms. The molecule has 84 valence electrons. The van der Waals surface area contributed by atoms with Crippen LogP contribution in [0.2, 0.25) is 18.1 Å². The minimum Gasteiger partial charge on any atom is -0.420 e. The maximum Gasteiger partial charge on any atom is 0.307 e. The van der Waals surface area contributed by atoms with Gasteiger partial charge in [0.2, 0.25) is 0 Å². The molecular formula is C9H18O3Si3. The van der Waals surface area contributed by atoms with Gasteiger partial charge < -0.3 is 12.3 Å². The molecule has 0 radical (unpaired) electrons. The molecule has 0 aromatic heterocycles. The van der Waals surface area contributed by atoms with Crippen molar-refractivity contribution in [3.63, 3.8) is 0 Å². The number of hydrogen-bond acceptors (Lipinski definition) is 3. The molecule has 0 saturated carbocycles. The summed E-state index contributed by atoms with van der Waals surface area (Å²) in [4.78, 5) is 0. The van der Waals surface area contributed by atoms with Gasteiger partial charge in [0.25, 0.3) is 0 Å². The highest BCUT2D eigenvalue weighted by atomic mass is 28.5. The van der Waals surface area contributed by atoms with Crippen molar-refractivity contribution in [1.82, 2.24) is 0 Å². The maximum absolute atomic E-state index is 5.84. The molecule has 0 N–H and O–H groups in total. The highest BCUT2D eigenvalue weighted by Crippen LogP contribution is 2.16. The van der Waals surface area contributed by atoms with Crippen LogP contribution in [0.15, 0.2) is 38.0 Å². The summed E-state index contributed by atoms with van der Waals surface area (Å²) in [6, 6.07) is 2.60. The fourth-order valence-electron chi connectivity index (χ4n) is 1.35. The SMILES string of the molecule is C=CC[SiH]1O[SiH](CC=C)O[SiH](CC=C)O1. The zero-order valence-electron chi connectivity index (χ0n) is 8.93. The van der Waals surface area contributed by atoms with Crippen LogP contribution in [0.5, 0.6) is 0 Å². The zero-order valence-corrected chi connectivity index (χ0v) is 12.4. The van der Waals surface area contributed by atoms with E-state index in [0.29, 0.717) is 0 Å². The predicted octanol–water partition coefficient (Wildman–Crippen LogP) is 1.27. The first kappa shape index (κ1) is 12.8. The van der Waals surface area contributed by atoms with E-state index in [4.69, 9.17) is 12.3 Å². The fourth-order valence-corrected chi connectivity index (χ4v) is 11.4. The van der Waals surface area contributed by atoms with Gasteiger partial charge in [-0.1, -0.05) is 18.2 Å². The van der Waals surface area contributed by atoms with Crippen molar-refractivity contribution in [3.05, 3.63) is 38.0 Å². The fraction of sp³-hybridized carbons (Fsp3) is 0.333. The number of hydrogen-bond donors (Lipinski definition) is 0. The van der Waals surface area contributed by atoms with Crippen LogP contribution < -0.4 is 0 Å². The second kappa shape index (κ2) is 7.10. The summed E-state index contributed by atoms with van der Waals surface area (Å²) >= 11 is 0. The minimum atomic E-state index is -1.52. The maximum atomic E-state index is 5.84. The summed E-state index contributed by atoms with van der Waals surface area (Å²) in [6.45, 7) is 11.2. The van der Waals surface area contributed by atoms with Crippen LogP contribution in [0.1, 0.15) is 0 Å². The molecule has 6 heteroatoms. The zero-order chi connectivity index (χ0) is 11.1. The van der Waals surface area contributed by atoms with E-state index in [0.717, 1.165) is 18.1 Å². The Labute approximate surface area is 96.6 Å². The first-order chi connectivity index (χ1) is 7.30. The topological polar surface area (TPSA) is 27.7 Å². The Morgan fingerprint density at radius 1 is 0.667 bits per heavy atom. The average molecular weight is 258 g/mol. The highest BCUT2D eigenvalue weighted by molar-refractivity contribution is 6.74. The molecule has 0 aliphatic carbocycles. The van der Waals surface area contributed by atoms with Crippen LogP contribution in [0.4, 0.5) is 0 Å². The molecule has 0 amide bonds. The Hall–Kier alpha value is -0.249. The molecule has 0 atom stereocenters. The molecule has 0 unspecified atom stereocenters. The van der Waals surface area contributed by atoms with Crippen molar-refractivity contribution in [2.75, 3.05) is 0 Å². The largest absolute Gasteiger partial charge is 0.420 e. The standard InChI is InChI=1S/C9H18O3Si3/c1-4-7-13-10-14(8-5-2)12-15(11-13)9-6-3/h4-6,13-15H,1-3,7-9H2. The van der Waals surface area contributed by atoms with E-state index in [1.807, 2.05) is 18.2 Å². The highest BCUT2D eigenvalue weighted by Gasteiger charge is 2.32. The van der Waals surface area contributed by atoms with E-state index >= 15 is 0 Å². The molecule has 0 bridgehead atoms. The monoisotopic (exact) mass is 258 g/mol. The van der Waals surface area contributed by atoms with Crippen LogP contribution in [0, 0.1) is 0 Å². The summed E-state index contributed by atoms with van der Waals surface area (Å²) < 4.78 is 17.5. The normalized spacial score (nSPS) is 30.8. The van der Waals surface area contributed by atoms with Gasteiger partial charge in [-0.05, 0) is 0 Å². The summed E-state index contributed by atoms with van der Waals surface area (Å²) in [5.74, 6) is 0. The van der Waals surface area contributed by atoms with Gasteiger partial charge in [0.05, 0.1) is 0 Å². The molecule has 0 spiro atoms. The van der Waals surface area contributed by atoms with Gasteiger partial charge in [0.1, 0.15) is 0 Å². The average Bonchev–Trinajstić information content (AvgIpc) is 2.19. The van der Waals surface area contributed by atoms with Gasteiger partial charge in [-0.15, -0.1) is 19.7 Å². The van der Waals surface area contributed by atoms with Gasteiger partial charge in [-0.25, -0.2) is 0 Å². The molecule has 0 aromatic carbocycles. The lowest BCUT2D eigenvalue weighted by atomic mass is 10.8. The Morgan fingerprint density at radius 2 is 0.933 bits per heavy atom. The lowest BCUT2D eigenvalue weighted by Gasteiger charge is -2.33. The molecule has 1 aliphatic heterocycles. The van der Waals surface area contributed by atoms with Crippen LogP contribution in [-0.4, -0.2) is 27.9 Å². The molecule has 1 aliphatic rings. The van der Waals surface area contributed by atoms with E-state index in [-0.39, 0.29) is 0 Å². The van der Waals surface area contributed by atoms with Gasteiger partial charge in [-0.2, -0.15) is 0 Å². The smallest absolute Gasteiger partial charge is 0.307 e. The van der Waals surface area contributed by atoms with Crippen molar-refractivity contribution in [2.24, 2.45) is 0 Å². The summed E-state index contributed by atoms with van der Waals surface area (Å²) in [5.41, 5.74) is 0. The van der Waals surface area contributed by atoms with Gasteiger partial charge in [0, 0.05) is 18.1 Å². The van der Waals surface area contributed by atoms with Crippen molar-refractivity contribution < 1.29 is 12.3 Å². The quantitative estimate of drug-likeness (QED) is 0.530. The molecule has 1 saturated heterocycles. The van der Waals surface area contributed by atoms with E-state index in [1.165, 1.54) is 0 Å². The van der Waals surface area contributed by atoms with Crippen molar-refractivity contribution in [1.29, 1.82) is 0 Å². The molecular weight excluding hydrogens is 240 g/mol. The first-order valence-electron chi connectivity index (χ1n) is 5.09. The minimum absolute atomic E-state index is 0.866. The molecule has 1 rings (SSSR count). The Kier molecular flexibility index (Phi) is 6.06. The third-order valence-corrected chi connectivity index (χ3v) is 11.4. The van der Waals surface area contributed by atoms with Crippen molar-refractivity contribution >= 4 is 27.9 Å². The Morgan fingerprint density at radius 3 is 1.13 bits per heavy atom. The van der Waals surface area contributed by atoms with Crippen LogP contribution in [0.3, 0.4) is 0 Å². The number of rotatable bonds is 6. The lowest BCUT2D eigenvalue weighted by Crippen LogP contribution is -2.48. The Bertz CT molecular complexity index is 191. The number of allylic oxidation sites excluding steroid dienone is 3. The van der Waals surface area contributed by atoms with Crippen LogP contribution >= 0.6 is 0 Å². The van der Waals surface area contributed by atoms with Gasteiger partial charge in [-0.3, -0.25) is 0 Å². The van der Waals surface area contributed by atoms with Gasteiger partial charge >= 0.3 is 27.9 Å². The van der Waals surface area contributed by atoms with Gasteiger partial charge in [0.15, 0.2) is 0 Å². The summed E-state index contributed by atoms with van der Waals surface area (Å²) in [5, 5.41) is 0. The van der Waals surface area contributed by atoms with Crippen molar-refractivity contribution in [2.45, 2.75) is 18.1 Å². The third kappa shape index (κ3) is 4.41. The predicted molar refractivity (Wildman–Crippen MR) is 69.7 cm³/mol.